The summed E-state index contributed by atoms with van der Waals surface area (Å²) in [5.41, 5.74) is 0. The number of rotatable bonds is 48. The maximum atomic E-state index is 12.4. The summed E-state index contributed by atoms with van der Waals surface area (Å²) in [6, 6.07) is -0.550. The number of nitrogens with one attached hydrogen (secondary N) is 1. The first kappa shape index (κ1) is 57.3. The van der Waals surface area contributed by atoms with Crippen LogP contribution >= 0.6 is 0 Å². The predicted octanol–water partition coefficient (Wildman–Crippen LogP) is 15.5. The summed E-state index contributed by atoms with van der Waals surface area (Å²) in [4.78, 5) is 24.4. The van der Waals surface area contributed by atoms with E-state index in [1.165, 1.54) is 186 Å². The zero-order valence-corrected chi connectivity index (χ0v) is 39.5. The van der Waals surface area contributed by atoms with Crippen molar-refractivity contribution in [2.45, 2.75) is 289 Å². The highest BCUT2D eigenvalue weighted by Crippen LogP contribution is 2.16. The zero-order chi connectivity index (χ0) is 43.0. The molecule has 0 aromatic rings. The van der Waals surface area contributed by atoms with Crippen LogP contribution in [0.15, 0.2) is 24.3 Å². The maximum absolute atomic E-state index is 12.4. The molecule has 3 N–H and O–H groups in total. The lowest BCUT2D eigenvalue weighted by molar-refractivity contribution is -0.143. The first-order valence-corrected chi connectivity index (χ1v) is 26.1. The van der Waals surface area contributed by atoms with E-state index < -0.39 is 12.1 Å². The topological polar surface area (TPSA) is 95.9 Å². The molecule has 0 aliphatic rings. The normalized spacial score (nSPS) is 12.8. The molecule has 0 aromatic carbocycles. The van der Waals surface area contributed by atoms with Gasteiger partial charge in [-0.3, -0.25) is 9.59 Å². The van der Waals surface area contributed by atoms with Gasteiger partial charge in [-0.15, -0.1) is 0 Å². The molecular formula is C53H101NO5. The summed E-state index contributed by atoms with van der Waals surface area (Å²) in [5, 5.41) is 23.2. The lowest BCUT2D eigenvalue weighted by Gasteiger charge is -2.22. The van der Waals surface area contributed by atoms with Crippen LogP contribution in [0.5, 0.6) is 0 Å². The monoisotopic (exact) mass is 832 g/mol. The molecule has 0 radical (unpaired) electrons. The molecule has 0 fully saturated rings. The highest BCUT2D eigenvalue weighted by molar-refractivity contribution is 5.76. The molecule has 2 atom stereocenters. The molecule has 6 heteroatoms. The maximum Gasteiger partial charge on any atom is 0.305 e. The van der Waals surface area contributed by atoms with Crippen molar-refractivity contribution in [2.75, 3.05) is 13.2 Å². The molecule has 0 aromatic heterocycles. The van der Waals surface area contributed by atoms with E-state index in [2.05, 4.69) is 43.5 Å². The van der Waals surface area contributed by atoms with E-state index >= 15 is 0 Å². The third kappa shape index (κ3) is 45.7. The van der Waals surface area contributed by atoms with Crippen LogP contribution in [0.1, 0.15) is 277 Å². The number of aliphatic hydroxyl groups is 2. The summed E-state index contributed by atoms with van der Waals surface area (Å²) < 4.78 is 5.45. The summed E-state index contributed by atoms with van der Waals surface area (Å²) in [5.74, 6) is -0.0577. The number of amides is 1. The van der Waals surface area contributed by atoms with E-state index in [1.54, 1.807) is 0 Å². The minimum Gasteiger partial charge on any atom is -0.466 e. The van der Waals surface area contributed by atoms with E-state index in [9.17, 15) is 19.8 Å². The van der Waals surface area contributed by atoms with Crippen LogP contribution in [0, 0.1) is 0 Å². The number of hydrogen-bond acceptors (Lipinski definition) is 5. The fourth-order valence-electron chi connectivity index (χ4n) is 7.92. The van der Waals surface area contributed by atoms with Gasteiger partial charge in [-0.2, -0.15) is 0 Å². The van der Waals surface area contributed by atoms with E-state index in [4.69, 9.17) is 4.74 Å². The van der Waals surface area contributed by atoms with Gasteiger partial charge in [-0.05, 0) is 77.0 Å². The van der Waals surface area contributed by atoms with E-state index in [0.29, 0.717) is 25.9 Å². The third-order valence-electron chi connectivity index (χ3n) is 12.0. The molecule has 348 valence electrons. The average molecular weight is 832 g/mol. The molecule has 0 aliphatic carbocycles. The molecule has 6 nitrogen and oxygen atoms in total. The van der Waals surface area contributed by atoms with Gasteiger partial charge in [0.05, 0.1) is 25.4 Å². The summed E-state index contributed by atoms with van der Waals surface area (Å²) >= 11 is 0. The van der Waals surface area contributed by atoms with Gasteiger partial charge in [0.25, 0.3) is 0 Å². The van der Waals surface area contributed by atoms with Crippen molar-refractivity contribution < 1.29 is 24.5 Å². The van der Waals surface area contributed by atoms with Crippen molar-refractivity contribution in [2.24, 2.45) is 0 Å². The van der Waals surface area contributed by atoms with Crippen molar-refractivity contribution in [1.29, 1.82) is 0 Å². The second-order valence-corrected chi connectivity index (χ2v) is 17.8. The third-order valence-corrected chi connectivity index (χ3v) is 12.0. The Kier molecular flexibility index (Phi) is 47.6. The van der Waals surface area contributed by atoms with Gasteiger partial charge in [0.1, 0.15) is 0 Å². The van der Waals surface area contributed by atoms with E-state index in [1.807, 2.05) is 0 Å². The van der Waals surface area contributed by atoms with Crippen molar-refractivity contribution in [3.63, 3.8) is 0 Å². The molecule has 0 aliphatic heterocycles. The number of ether oxygens (including phenoxy) is 1. The fraction of sp³-hybridized carbons (Fsp3) is 0.887. The van der Waals surface area contributed by atoms with Crippen molar-refractivity contribution in [3.05, 3.63) is 24.3 Å². The van der Waals surface area contributed by atoms with Crippen LogP contribution in [0.25, 0.3) is 0 Å². The predicted molar refractivity (Wildman–Crippen MR) is 255 cm³/mol. The van der Waals surface area contributed by atoms with Crippen LogP contribution in [0.2, 0.25) is 0 Å². The lowest BCUT2D eigenvalue weighted by atomic mass is 10.0. The molecule has 0 rings (SSSR count). The second-order valence-electron chi connectivity index (χ2n) is 17.8. The van der Waals surface area contributed by atoms with Gasteiger partial charge >= 0.3 is 5.97 Å². The molecule has 1 amide bonds. The van der Waals surface area contributed by atoms with Crippen molar-refractivity contribution >= 4 is 11.9 Å². The van der Waals surface area contributed by atoms with Gasteiger partial charge in [0.2, 0.25) is 5.91 Å². The molecule has 59 heavy (non-hydrogen) atoms. The molecule has 0 heterocycles. The van der Waals surface area contributed by atoms with Gasteiger partial charge in [0, 0.05) is 12.8 Å². The van der Waals surface area contributed by atoms with Crippen LogP contribution in [-0.4, -0.2) is 47.4 Å². The fourth-order valence-corrected chi connectivity index (χ4v) is 7.92. The van der Waals surface area contributed by atoms with Gasteiger partial charge in [-0.25, -0.2) is 0 Å². The Morgan fingerprint density at radius 2 is 0.797 bits per heavy atom. The average Bonchev–Trinajstić information content (AvgIpc) is 3.24. The number of hydrogen-bond donors (Lipinski definition) is 3. The Bertz CT molecular complexity index is 920. The number of carbonyl (C=O) groups is 2. The molecule has 0 saturated heterocycles. The standard InChI is InChI=1S/C53H101NO5/c1-3-5-7-9-11-13-15-25-29-33-37-41-45-51(56)50(49-55)54-52(57)46-42-38-34-30-26-23-21-19-17-18-20-22-24-28-32-36-40-44-48-59-53(58)47-43-39-35-31-27-16-14-12-10-8-6-4-2/h12,14,19,21,50-51,55-56H,3-11,13,15-18,20,22-49H2,1-2H3,(H,54,57)/b14-12-,21-19-. The number of unbranched alkanes of at least 4 members (excludes halogenated alkanes) is 33. The molecule has 0 bridgehead atoms. The number of allylic oxidation sites excluding steroid dienone is 4. The highest BCUT2D eigenvalue weighted by Gasteiger charge is 2.20. The number of carbonyl (C=O) groups excluding carboxylic acids is 2. The van der Waals surface area contributed by atoms with Crippen LogP contribution in [0.3, 0.4) is 0 Å². The van der Waals surface area contributed by atoms with Crippen molar-refractivity contribution in [1.82, 2.24) is 5.32 Å². The minimum absolute atomic E-state index is 0.00747. The minimum atomic E-state index is -0.671. The smallest absolute Gasteiger partial charge is 0.305 e. The van der Waals surface area contributed by atoms with E-state index in [-0.39, 0.29) is 18.5 Å². The molecule has 0 saturated carbocycles. The number of aliphatic hydroxyl groups excluding tert-OH is 2. The van der Waals surface area contributed by atoms with Crippen LogP contribution in [0.4, 0.5) is 0 Å². The Morgan fingerprint density at radius 3 is 1.24 bits per heavy atom. The SMILES string of the molecule is CCCCC/C=C\CCCCCCCC(=O)OCCCCCCCCCCC/C=C\CCCCCCCC(=O)NC(CO)C(O)CCCCCCCCCCCCCC. The first-order valence-electron chi connectivity index (χ1n) is 26.1. The summed E-state index contributed by atoms with van der Waals surface area (Å²) in [7, 11) is 0. The van der Waals surface area contributed by atoms with Gasteiger partial charge in [-0.1, -0.05) is 212 Å². The van der Waals surface area contributed by atoms with Crippen LogP contribution in [-0.2, 0) is 14.3 Å². The number of esters is 1. The van der Waals surface area contributed by atoms with Crippen molar-refractivity contribution in [3.8, 4) is 0 Å². The quantitative estimate of drug-likeness (QED) is 0.0322. The Balaban J connectivity index is 3.45. The summed E-state index contributed by atoms with van der Waals surface area (Å²) in [6.45, 7) is 4.90. The van der Waals surface area contributed by atoms with E-state index in [0.717, 1.165) is 57.8 Å². The molecular weight excluding hydrogens is 731 g/mol. The highest BCUT2D eigenvalue weighted by atomic mass is 16.5. The second kappa shape index (κ2) is 49.0. The Labute approximate surface area is 367 Å². The van der Waals surface area contributed by atoms with Crippen LogP contribution < -0.4 is 5.32 Å². The Morgan fingerprint density at radius 1 is 0.458 bits per heavy atom. The first-order chi connectivity index (χ1) is 29.0. The molecule has 0 spiro atoms. The largest absolute Gasteiger partial charge is 0.466 e. The Hall–Kier alpha value is -1.66. The lowest BCUT2D eigenvalue weighted by Crippen LogP contribution is -2.45. The van der Waals surface area contributed by atoms with Gasteiger partial charge < -0.3 is 20.3 Å². The summed E-state index contributed by atoms with van der Waals surface area (Å²) in [6.07, 6.45) is 57.2. The zero-order valence-electron chi connectivity index (χ0n) is 39.5. The van der Waals surface area contributed by atoms with Gasteiger partial charge in [0.15, 0.2) is 0 Å². The molecule has 2 unspecified atom stereocenters.